The summed E-state index contributed by atoms with van der Waals surface area (Å²) in [4.78, 5) is 0. The lowest BCUT2D eigenvalue weighted by Crippen LogP contribution is -2.24. The van der Waals surface area contributed by atoms with Gasteiger partial charge in [0.05, 0.1) is 12.6 Å². The Morgan fingerprint density at radius 3 is 2.24 bits per heavy atom. The van der Waals surface area contributed by atoms with E-state index in [0.717, 1.165) is 19.6 Å². The van der Waals surface area contributed by atoms with Crippen molar-refractivity contribution < 1.29 is 4.74 Å². The Hall–Kier alpha value is -0.860. The summed E-state index contributed by atoms with van der Waals surface area (Å²) in [6, 6.07) is 4.78. The maximum absolute atomic E-state index is 5.67. The van der Waals surface area contributed by atoms with Gasteiger partial charge in [-0.25, -0.2) is 0 Å². The largest absolute Gasteiger partial charge is 0.379 e. The maximum Gasteiger partial charge on any atom is 0.0661 e. The molecule has 0 aliphatic heterocycles. The summed E-state index contributed by atoms with van der Waals surface area (Å²) in [6.45, 7) is 10.2. The highest BCUT2D eigenvalue weighted by molar-refractivity contribution is 5.39. The Bertz CT molecular complexity index is 337. The highest BCUT2D eigenvalue weighted by atomic mass is 16.5. The first-order valence-corrected chi connectivity index (χ1v) is 6.42. The smallest absolute Gasteiger partial charge is 0.0661 e. The molecule has 0 amide bonds. The lowest BCUT2D eigenvalue weighted by atomic mass is 9.94. The molecule has 0 saturated heterocycles. The van der Waals surface area contributed by atoms with Crippen LogP contribution in [0.2, 0.25) is 0 Å². The van der Waals surface area contributed by atoms with E-state index in [0.29, 0.717) is 6.04 Å². The molecular formula is C15H25NO. The molecule has 1 N–H and O–H groups in total. The third kappa shape index (κ3) is 3.83. The van der Waals surface area contributed by atoms with Gasteiger partial charge in [-0.05, 0) is 50.9 Å². The summed E-state index contributed by atoms with van der Waals surface area (Å²) in [6.07, 6.45) is 1.07. The molecule has 0 heterocycles. The number of hydrogen-bond acceptors (Lipinski definition) is 2. The lowest BCUT2D eigenvalue weighted by molar-refractivity contribution is 0.114. The molecule has 1 aromatic carbocycles. The molecule has 0 saturated carbocycles. The first-order chi connectivity index (χ1) is 8.10. The van der Waals surface area contributed by atoms with Gasteiger partial charge in [0.1, 0.15) is 0 Å². The Labute approximate surface area is 105 Å². The van der Waals surface area contributed by atoms with Crippen LogP contribution in [-0.4, -0.2) is 20.3 Å². The molecule has 0 aliphatic carbocycles. The van der Waals surface area contributed by atoms with Crippen LogP contribution < -0.4 is 5.32 Å². The van der Waals surface area contributed by atoms with E-state index in [2.05, 4.69) is 45.1 Å². The fraction of sp³-hybridized carbons (Fsp3) is 0.600. The first-order valence-electron chi connectivity index (χ1n) is 6.42. The summed E-state index contributed by atoms with van der Waals surface area (Å²) in [5.41, 5.74) is 5.41. The van der Waals surface area contributed by atoms with E-state index < -0.39 is 0 Å². The third-order valence-electron chi connectivity index (χ3n) is 3.07. The zero-order valence-corrected chi connectivity index (χ0v) is 11.8. The maximum atomic E-state index is 5.67. The molecule has 0 aromatic heterocycles. The van der Waals surface area contributed by atoms with Crippen molar-refractivity contribution in [1.29, 1.82) is 0 Å². The van der Waals surface area contributed by atoms with Gasteiger partial charge in [0, 0.05) is 6.61 Å². The van der Waals surface area contributed by atoms with Gasteiger partial charge >= 0.3 is 0 Å². The van der Waals surface area contributed by atoms with E-state index in [4.69, 9.17) is 4.74 Å². The van der Waals surface area contributed by atoms with Gasteiger partial charge in [0.15, 0.2) is 0 Å². The number of ether oxygens (including phenoxy) is 1. The topological polar surface area (TPSA) is 21.3 Å². The number of likely N-dealkylation sites (N-methyl/N-ethyl adjacent to an activating group) is 1. The predicted octanol–water partition coefficient (Wildman–Crippen LogP) is 3.30. The average molecular weight is 235 g/mol. The van der Waals surface area contributed by atoms with E-state index in [9.17, 15) is 0 Å². The molecule has 1 aromatic rings. The zero-order chi connectivity index (χ0) is 12.8. The van der Waals surface area contributed by atoms with Gasteiger partial charge in [-0.3, -0.25) is 0 Å². The van der Waals surface area contributed by atoms with Crippen LogP contribution >= 0.6 is 0 Å². The molecule has 0 radical (unpaired) electrons. The first kappa shape index (κ1) is 14.2. The van der Waals surface area contributed by atoms with Crippen LogP contribution in [0.3, 0.4) is 0 Å². The fourth-order valence-corrected chi connectivity index (χ4v) is 2.40. The molecule has 17 heavy (non-hydrogen) atoms. The normalized spacial score (nSPS) is 12.8. The SMILES string of the molecule is CCCOCC(NC)c1c(C)cc(C)cc1C. The van der Waals surface area contributed by atoms with Crippen LogP contribution in [0.5, 0.6) is 0 Å². The van der Waals surface area contributed by atoms with Crippen molar-refractivity contribution in [3.8, 4) is 0 Å². The minimum atomic E-state index is 0.294. The molecular weight excluding hydrogens is 210 g/mol. The van der Waals surface area contributed by atoms with Crippen LogP contribution in [0.4, 0.5) is 0 Å². The van der Waals surface area contributed by atoms with Crippen molar-refractivity contribution in [2.45, 2.75) is 40.2 Å². The van der Waals surface area contributed by atoms with Gasteiger partial charge in [0.25, 0.3) is 0 Å². The van der Waals surface area contributed by atoms with Crippen LogP contribution in [0.25, 0.3) is 0 Å². The summed E-state index contributed by atoms with van der Waals surface area (Å²) < 4.78 is 5.67. The minimum absolute atomic E-state index is 0.294. The van der Waals surface area contributed by atoms with Crippen molar-refractivity contribution >= 4 is 0 Å². The molecule has 0 bridgehead atoms. The van der Waals surface area contributed by atoms with Crippen LogP contribution in [-0.2, 0) is 4.74 Å². The van der Waals surface area contributed by atoms with Crippen LogP contribution in [0.1, 0.15) is 41.6 Å². The number of benzene rings is 1. The summed E-state index contributed by atoms with van der Waals surface area (Å²) in [5.74, 6) is 0. The molecule has 0 aliphatic rings. The van der Waals surface area contributed by atoms with Gasteiger partial charge in [-0.2, -0.15) is 0 Å². The van der Waals surface area contributed by atoms with E-state index in [1.165, 1.54) is 22.3 Å². The third-order valence-corrected chi connectivity index (χ3v) is 3.07. The molecule has 0 spiro atoms. The van der Waals surface area contributed by atoms with Gasteiger partial charge in [-0.15, -0.1) is 0 Å². The number of aryl methyl sites for hydroxylation is 3. The fourth-order valence-electron chi connectivity index (χ4n) is 2.40. The van der Waals surface area contributed by atoms with Gasteiger partial charge in [0.2, 0.25) is 0 Å². The van der Waals surface area contributed by atoms with E-state index >= 15 is 0 Å². The van der Waals surface area contributed by atoms with Crippen molar-refractivity contribution in [3.63, 3.8) is 0 Å². The second kappa shape index (κ2) is 6.77. The van der Waals surface area contributed by atoms with E-state index in [1.54, 1.807) is 0 Å². The highest BCUT2D eigenvalue weighted by Crippen LogP contribution is 2.23. The molecule has 1 unspecified atom stereocenters. The van der Waals surface area contributed by atoms with Crippen molar-refractivity contribution in [3.05, 3.63) is 34.4 Å². The predicted molar refractivity (Wildman–Crippen MR) is 73.6 cm³/mol. The van der Waals surface area contributed by atoms with Crippen LogP contribution in [0.15, 0.2) is 12.1 Å². The Kier molecular flexibility index (Phi) is 5.66. The molecule has 2 nitrogen and oxygen atoms in total. The van der Waals surface area contributed by atoms with Crippen molar-refractivity contribution in [1.82, 2.24) is 5.32 Å². The van der Waals surface area contributed by atoms with Gasteiger partial charge < -0.3 is 10.1 Å². The number of rotatable bonds is 6. The number of nitrogens with one attached hydrogen (secondary N) is 1. The van der Waals surface area contributed by atoms with Crippen LogP contribution in [0, 0.1) is 20.8 Å². The zero-order valence-electron chi connectivity index (χ0n) is 11.8. The summed E-state index contributed by atoms with van der Waals surface area (Å²) >= 11 is 0. The van der Waals surface area contributed by atoms with Crippen molar-refractivity contribution in [2.75, 3.05) is 20.3 Å². The second-order valence-corrected chi connectivity index (χ2v) is 4.73. The van der Waals surface area contributed by atoms with E-state index in [-0.39, 0.29) is 0 Å². The van der Waals surface area contributed by atoms with Crippen molar-refractivity contribution in [2.24, 2.45) is 0 Å². The quantitative estimate of drug-likeness (QED) is 0.764. The molecule has 1 rings (SSSR count). The Balaban J connectivity index is 2.87. The monoisotopic (exact) mass is 235 g/mol. The highest BCUT2D eigenvalue weighted by Gasteiger charge is 2.14. The standard InChI is InChI=1S/C15H25NO/c1-6-7-17-10-14(16-5)15-12(3)8-11(2)9-13(15)4/h8-9,14,16H,6-7,10H2,1-5H3. The average Bonchev–Trinajstić information content (AvgIpc) is 2.25. The number of hydrogen-bond donors (Lipinski definition) is 1. The van der Waals surface area contributed by atoms with Gasteiger partial charge in [-0.1, -0.05) is 24.6 Å². The molecule has 96 valence electrons. The summed E-state index contributed by atoms with van der Waals surface area (Å²) in [7, 11) is 2.00. The molecule has 1 atom stereocenters. The summed E-state index contributed by atoms with van der Waals surface area (Å²) in [5, 5.41) is 3.35. The minimum Gasteiger partial charge on any atom is -0.379 e. The molecule has 2 heteroatoms. The Morgan fingerprint density at radius 2 is 1.76 bits per heavy atom. The Morgan fingerprint density at radius 1 is 1.18 bits per heavy atom. The second-order valence-electron chi connectivity index (χ2n) is 4.73. The van der Waals surface area contributed by atoms with E-state index in [1.807, 2.05) is 7.05 Å². The molecule has 0 fully saturated rings. The lowest BCUT2D eigenvalue weighted by Gasteiger charge is -2.21.